The number of aliphatic hydroxyl groups is 2. The Morgan fingerprint density at radius 3 is 2.25 bits per heavy atom. The summed E-state index contributed by atoms with van der Waals surface area (Å²) in [6, 6.07) is 11.6. The van der Waals surface area contributed by atoms with Crippen molar-refractivity contribution in [3.63, 3.8) is 0 Å². The van der Waals surface area contributed by atoms with Crippen LogP contribution in [-0.4, -0.2) is 55.7 Å². The Hall–Kier alpha value is -2.77. The molecule has 7 heteroatoms. The molecular weight excluding hydrogens is 362 g/mol. The molecule has 0 saturated heterocycles. The Bertz CT molecular complexity index is 822. The third kappa shape index (κ3) is 3.90. The molecule has 0 aliphatic heterocycles. The summed E-state index contributed by atoms with van der Waals surface area (Å²) in [4.78, 5) is 12.8. The minimum Gasteiger partial charge on any atom is -0.497 e. The molecule has 1 fully saturated rings. The normalized spacial score (nSPS) is 23.9. The largest absolute Gasteiger partial charge is 0.497 e. The molecule has 0 aromatic heterocycles. The van der Waals surface area contributed by atoms with E-state index >= 15 is 0 Å². The van der Waals surface area contributed by atoms with Gasteiger partial charge in [0.15, 0.2) is 11.5 Å². The van der Waals surface area contributed by atoms with Crippen LogP contribution in [0.2, 0.25) is 0 Å². The first-order chi connectivity index (χ1) is 13.5. The molecule has 3 rings (SSSR count). The lowest BCUT2D eigenvalue weighted by atomic mass is 9.93. The number of nitrogens with one attached hydrogen (secondary N) is 1. The van der Waals surface area contributed by atoms with Crippen molar-refractivity contribution in [3.05, 3.63) is 53.6 Å². The summed E-state index contributed by atoms with van der Waals surface area (Å²) in [7, 11) is 4.61. The van der Waals surface area contributed by atoms with Gasteiger partial charge in [-0.15, -0.1) is 0 Å². The summed E-state index contributed by atoms with van der Waals surface area (Å²) >= 11 is 0. The first-order valence-corrected chi connectivity index (χ1v) is 9.01. The fourth-order valence-corrected chi connectivity index (χ4v) is 3.62. The average molecular weight is 387 g/mol. The zero-order valence-electron chi connectivity index (χ0n) is 16.1. The lowest BCUT2D eigenvalue weighted by Crippen LogP contribution is -2.45. The van der Waals surface area contributed by atoms with Gasteiger partial charge in [-0.2, -0.15) is 0 Å². The molecule has 2 aromatic carbocycles. The number of carbonyl (C=O) groups is 1. The van der Waals surface area contributed by atoms with Crippen molar-refractivity contribution in [1.29, 1.82) is 0 Å². The Kier molecular flexibility index (Phi) is 6.06. The maximum Gasteiger partial charge on any atom is 0.251 e. The van der Waals surface area contributed by atoms with Crippen LogP contribution in [0.4, 0.5) is 0 Å². The van der Waals surface area contributed by atoms with E-state index in [0.717, 1.165) is 5.56 Å². The number of amides is 1. The minimum atomic E-state index is -1.06. The van der Waals surface area contributed by atoms with Crippen LogP contribution in [0.25, 0.3) is 0 Å². The first kappa shape index (κ1) is 20.0. The molecule has 28 heavy (non-hydrogen) atoms. The molecular formula is C21H25NO6. The van der Waals surface area contributed by atoms with E-state index in [9.17, 15) is 15.0 Å². The zero-order valence-corrected chi connectivity index (χ0v) is 16.1. The van der Waals surface area contributed by atoms with Gasteiger partial charge < -0.3 is 29.7 Å². The molecule has 1 amide bonds. The first-order valence-electron chi connectivity index (χ1n) is 9.01. The summed E-state index contributed by atoms with van der Waals surface area (Å²) < 4.78 is 15.6. The highest BCUT2D eigenvalue weighted by atomic mass is 16.5. The van der Waals surface area contributed by atoms with Crippen LogP contribution in [0.1, 0.15) is 28.3 Å². The molecule has 150 valence electrons. The van der Waals surface area contributed by atoms with Crippen molar-refractivity contribution in [2.45, 2.75) is 30.6 Å². The lowest BCUT2D eigenvalue weighted by molar-refractivity contribution is 0.0294. The van der Waals surface area contributed by atoms with E-state index < -0.39 is 18.2 Å². The molecule has 0 spiro atoms. The second kappa shape index (κ2) is 8.50. The molecule has 1 aliphatic carbocycles. The van der Waals surface area contributed by atoms with Gasteiger partial charge in [0.2, 0.25) is 0 Å². The number of benzene rings is 2. The van der Waals surface area contributed by atoms with Crippen molar-refractivity contribution >= 4 is 5.91 Å². The van der Waals surface area contributed by atoms with Crippen molar-refractivity contribution < 1.29 is 29.2 Å². The maximum atomic E-state index is 12.8. The number of carbonyl (C=O) groups excluding carboxylic acids is 1. The van der Waals surface area contributed by atoms with E-state index in [1.165, 1.54) is 14.2 Å². The highest BCUT2D eigenvalue weighted by molar-refractivity contribution is 5.95. The third-order valence-corrected chi connectivity index (χ3v) is 5.18. The number of hydrogen-bond acceptors (Lipinski definition) is 6. The molecule has 4 atom stereocenters. The summed E-state index contributed by atoms with van der Waals surface area (Å²) in [5, 5.41) is 23.5. The summed E-state index contributed by atoms with van der Waals surface area (Å²) in [5.74, 6) is 1.09. The van der Waals surface area contributed by atoms with E-state index in [0.29, 0.717) is 29.2 Å². The predicted molar refractivity (Wildman–Crippen MR) is 103 cm³/mol. The molecule has 0 heterocycles. The molecule has 0 radical (unpaired) electrons. The molecule has 1 saturated carbocycles. The van der Waals surface area contributed by atoms with Crippen LogP contribution in [0.15, 0.2) is 42.5 Å². The zero-order chi connectivity index (χ0) is 20.3. The molecule has 1 aliphatic rings. The van der Waals surface area contributed by atoms with E-state index in [2.05, 4.69) is 5.32 Å². The Balaban J connectivity index is 1.82. The van der Waals surface area contributed by atoms with Gasteiger partial charge in [0.1, 0.15) is 11.9 Å². The monoisotopic (exact) mass is 387 g/mol. The summed E-state index contributed by atoms with van der Waals surface area (Å²) in [5.41, 5.74) is 1.29. The molecule has 0 bridgehead atoms. The van der Waals surface area contributed by atoms with E-state index in [1.54, 1.807) is 25.3 Å². The van der Waals surface area contributed by atoms with Gasteiger partial charge in [-0.3, -0.25) is 4.79 Å². The van der Waals surface area contributed by atoms with Gasteiger partial charge in [0.25, 0.3) is 5.91 Å². The standard InChI is InChI=1S/C21H25NO6/c1-26-14-7-4-12(5-8-14)15-11-16(23)20(24)19(15)22-21(25)13-6-9-17(27-2)18(10-13)28-3/h4-10,15-16,19-20,23-24H,11H2,1-3H3,(H,22,25)/t15-,16-,19-,20-/m1/s1. The number of rotatable bonds is 6. The van der Waals surface area contributed by atoms with Gasteiger partial charge in [0.05, 0.1) is 33.5 Å². The molecule has 2 aromatic rings. The maximum absolute atomic E-state index is 12.8. The number of hydrogen-bond donors (Lipinski definition) is 3. The van der Waals surface area contributed by atoms with Gasteiger partial charge >= 0.3 is 0 Å². The van der Waals surface area contributed by atoms with Crippen molar-refractivity contribution in [3.8, 4) is 17.2 Å². The van der Waals surface area contributed by atoms with Crippen LogP contribution in [0.3, 0.4) is 0 Å². The number of aliphatic hydroxyl groups excluding tert-OH is 2. The number of methoxy groups -OCH3 is 3. The van der Waals surface area contributed by atoms with E-state index in [-0.39, 0.29) is 11.8 Å². The van der Waals surface area contributed by atoms with Crippen LogP contribution in [0.5, 0.6) is 17.2 Å². The van der Waals surface area contributed by atoms with Gasteiger partial charge in [0, 0.05) is 11.5 Å². The molecule has 0 unspecified atom stereocenters. The molecule has 7 nitrogen and oxygen atoms in total. The highest BCUT2D eigenvalue weighted by Crippen LogP contribution is 2.36. The second-order valence-electron chi connectivity index (χ2n) is 6.74. The predicted octanol–water partition coefficient (Wildman–Crippen LogP) is 1.72. The van der Waals surface area contributed by atoms with E-state index in [1.807, 2.05) is 24.3 Å². The Morgan fingerprint density at radius 2 is 1.64 bits per heavy atom. The van der Waals surface area contributed by atoms with Crippen LogP contribution >= 0.6 is 0 Å². The van der Waals surface area contributed by atoms with Crippen LogP contribution in [0, 0.1) is 0 Å². The third-order valence-electron chi connectivity index (χ3n) is 5.18. The van der Waals surface area contributed by atoms with Gasteiger partial charge in [-0.1, -0.05) is 12.1 Å². The summed E-state index contributed by atoms with van der Waals surface area (Å²) in [6.07, 6.45) is -1.62. The number of ether oxygens (including phenoxy) is 3. The van der Waals surface area contributed by atoms with Gasteiger partial charge in [-0.05, 0) is 42.3 Å². The fraction of sp³-hybridized carbons (Fsp3) is 0.381. The SMILES string of the molecule is COc1ccc([C@H]2C[C@@H](O)[C@@H](O)[C@@H]2NC(=O)c2ccc(OC)c(OC)c2)cc1. The summed E-state index contributed by atoms with van der Waals surface area (Å²) in [6.45, 7) is 0. The molecule has 3 N–H and O–H groups in total. The van der Waals surface area contributed by atoms with Crippen LogP contribution < -0.4 is 19.5 Å². The fourth-order valence-electron chi connectivity index (χ4n) is 3.62. The Morgan fingerprint density at radius 1 is 0.964 bits per heavy atom. The van der Waals surface area contributed by atoms with Gasteiger partial charge in [-0.25, -0.2) is 0 Å². The highest BCUT2D eigenvalue weighted by Gasteiger charge is 2.43. The second-order valence-corrected chi connectivity index (χ2v) is 6.74. The van der Waals surface area contributed by atoms with Crippen LogP contribution in [-0.2, 0) is 0 Å². The lowest BCUT2D eigenvalue weighted by Gasteiger charge is -2.24. The minimum absolute atomic E-state index is 0.222. The average Bonchev–Trinajstić information content (AvgIpc) is 3.01. The van der Waals surface area contributed by atoms with Crippen molar-refractivity contribution in [2.75, 3.05) is 21.3 Å². The Labute approximate surface area is 163 Å². The topological polar surface area (TPSA) is 97.2 Å². The van der Waals surface area contributed by atoms with Crippen molar-refractivity contribution in [2.24, 2.45) is 0 Å². The smallest absolute Gasteiger partial charge is 0.251 e. The quantitative estimate of drug-likeness (QED) is 0.698. The van der Waals surface area contributed by atoms with E-state index in [4.69, 9.17) is 14.2 Å². The van der Waals surface area contributed by atoms with Crippen molar-refractivity contribution in [1.82, 2.24) is 5.32 Å².